The molecule has 1 unspecified atom stereocenters. The number of aryl methyl sites for hydroxylation is 1. The number of rotatable bonds is 8. The third-order valence-corrected chi connectivity index (χ3v) is 3.65. The minimum atomic E-state index is -0.386. The molecule has 2 rings (SSSR count). The van der Waals surface area contributed by atoms with Crippen LogP contribution in [0.4, 0.5) is 0 Å². The summed E-state index contributed by atoms with van der Waals surface area (Å²) in [6.07, 6.45) is 3.55. The van der Waals surface area contributed by atoms with Gasteiger partial charge in [0.25, 0.3) is 0 Å². The van der Waals surface area contributed by atoms with Crippen molar-refractivity contribution in [1.82, 2.24) is 20.0 Å². The van der Waals surface area contributed by atoms with Gasteiger partial charge in [-0.2, -0.15) is 5.10 Å². The lowest BCUT2D eigenvalue weighted by Crippen LogP contribution is -2.39. The first-order valence-corrected chi connectivity index (χ1v) is 7.64. The summed E-state index contributed by atoms with van der Waals surface area (Å²) in [5.74, 6) is 0.00353. The highest BCUT2D eigenvalue weighted by Crippen LogP contribution is 2.13. The molecular weight excluding hydrogens is 328 g/mol. The normalized spacial score (nSPS) is 11.6. The van der Waals surface area contributed by atoms with E-state index in [9.17, 15) is 4.79 Å². The van der Waals surface area contributed by atoms with E-state index in [1.54, 1.807) is 29.9 Å². The number of ether oxygens (including phenoxy) is 1. The number of amides is 1. The number of hydrogen-bond acceptors (Lipinski definition) is 4. The summed E-state index contributed by atoms with van der Waals surface area (Å²) < 4.78 is 7.32. The third-order valence-electron chi connectivity index (χ3n) is 3.65. The molecule has 1 atom stereocenters. The predicted molar refractivity (Wildman–Crippen MR) is 96.0 cm³/mol. The molecule has 6 nitrogen and oxygen atoms in total. The highest BCUT2D eigenvalue weighted by molar-refractivity contribution is 5.85. The SMILES string of the molecule is CNC(C(=O)N(C)CCOCc1ccccc1)c1cnn(C)c1.Cl. The molecule has 0 saturated carbocycles. The second-order valence-electron chi connectivity index (χ2n) is 5.47. The summed E-state index contributed by atoms with van der Waals surface area (Å²) in [5.41, 5.74) is 1.99. The highest BCUT2D eigenvalue weighted by Gasteiger charge is 2.23. The van der Waals surface area contributed by atoms with Gasteiger partial charge in [0.2, 0.25) is 5.91 Å². The lowest BCUT2D eigenvalue weighted by atomic mass is 10.1. The number of benzene rings is 1. The fourth-order valence-electron chi connectivity index (χ4n) is 2.32. The van der Waals surface area contributed by atoms with Gasteiger partial charge >= 0.3 is 0 Å². The van der Waals surface area contributed by atoms with Crippen molar-refractivity contribution in [1.29, 1.82) is 0 Å². The van der Waals surface area contributed by atoms with Crippen LogP contribution in [0.1, 0.15) is 17.2 Å². The van der Waals surface area contributed by atoms with Gasteiger partial charge in [-0.3, -0.25) is 9.48 Å². The maximum atomic E-state index is 12.5. The van der Waals surface area contributed by atoms with E-state index in [1.165, 1.54) is 0 Å². The number of halogens is 1. The lowest BCUT2D eigenvalue weighted by Gasteiger charge is -2.22. The van der Waals surface area contributed by atoms with Crippen LogP contribution in [-0.4, -0.2) is 47.8 Å². The van der Waals surface area contributed by atoms with E-state index in [-0.39, 0.29) is 24.4 Å². The molecular formula is C17H25ClN4O2. The summed E-state index contributed by atoms with van der Waals surface area (Å²) in [6, 6.07) is 9.61. The van der Waals surface area contributed by atoms with Gasteiger partial charge < -0.3 is 15.0 Å². The van der Waals surface area contributed by atoms with Crippen molar-refractivity contribution in [3.63, 3.8) is 0 Å². The van der Waals surface area contributed by atoms with Gasteiger partial charge in [0, 0.05) is 32.4 Å². The third kappa shape index (κ3) is 5.63. The minimum absolute atomic E-state index is 0. The number of nitrogens with zero attached hydrogens (tertiary/aromatic N) is 3. The zero-order valence-corrected chi connectivity index (χ0v) is 15.1. The standard InChI is InChI=1S/C17H24N4O2.ClH/c1-18-16(15-11-19-21(3)12-15)17(22)20(2)9-10-23-13-14-7-5-4-6-8-14;/h4-8,11-12,16,18H,9-10,13H2,1-3H3;1H. The molecule has 0 aliphatic heterocycles. The second-order valence-corrected chi connectivity index (χ2v) is 5.47. The van der Waals surface area contributed by atoms with Crippen molar-refractivity contribution in [3.05, 3.63) is 53.9 Å². The van der Waals surface area contributed by atoms with Crippen LogP contribution in [0.5, 0.6) is 0 Å². The number of carbonyl (C=O) groups is 1. The van der Waals surface area contributed by atoms with Crippen LogP contribution in [0.15, 0.2) is 42.7 Å². The van der Waals surface area contributed by atoms with Crippen molar-refractivity contribution >= 4 is 18.3 Å². The van der Waals surface area contributed by atoms with Crippen molar-refractivity contribution in [2.24, 2.45) is 7.05 Å². The Morgan fingerprint density at radius 3 is 2.67 bits per heavy atom. The predicted octanol–water partition coefficient (Wildman–Crippen LogP) is 1.78. The Bertz CT molecular complexity index is 618. The Labute approximate surface area is 149 Å². The van der Waals surface area contributed by atoms with Crippen LogP contribution in [0.3, 0.4) is 0 Å². The molecule has 0 spiro atoms. The molecule has 132 valence electrons. The average Bonchev–Trinajstić information content (AvgIpc) is 2.99. The molecule has 0 fully saturated rings. The van der Waals surface area contributed by atoms with Crippen LogP contribution >= 0.6 is 12.4 Å². The molecule has 0 aliphatic rings. The topological polar surface area (TPSA) is 59.4 Å². The quantitative estimate of drug-likeness (QED) is 0.736. The first-order valence-electron chi connectivity index (χ1n) is 7.64. The molecule has 24 heavy (non-hydrogen) atoms. The van der Waals surface area contributed by atoms with Crippen molar-refractivity contribution in [2.75, 3.05) is 27.2 Å². The van der Waals surface area contributed by atoms with E-state index in [1.807, 2.05) is 43.6 Å². The molecule has 1 amide bonds. The van der Waals surface area contributed by atoms with E-state index in [0.29, 0.717) is 19.8 Å². The molecule has 7 heteroatoms. The van der Waals surface area contributed by atoms with Crippen LogP contribution in [0, 0.1) is 0 Å². The van der Waals surface area contributed by atoms with Crippen LogP contribution in [0.25, 0.3) is 0 Å². The Balaban J connectivity index is 0.00000288. The first-order chi connectivity index (χ1) is 11.1. The van der Waals surface area contributed by atoms with Crippen LogP contribution in [0.2, 0.25) is 0 Å². The van der Waals surface area contributed by atoms with E-state index in [4.69, 9.17) is 4.74 Å². The highest BCUT2D eigenvalue weighted by atomic mass is 35.5. The number of likely N-dealkylation sites (N-methyl/N-ethyl adjacent to an activating group) is 2. The number of aromatic nitrogens is 2. The first kappa shape index (κ1) is 20.2. The molecule has 0 radical (unpaired) electrons. The van der Waals surface area contributed by atoms with E-state index in [0.717, 1.165) is 11.1 Å². The van der Waals surface area contributed by atoms with Gasteiger partial charge in [-0.25, -0.2) is 0 Å². The van der Waals surface area contributed by atoms with Crippen molar-refractivity contribution in [2.45, 2.75) is 12.6 Å². The maximum absolute atomic E-state index is 12.5. The largest absolute Gasteiger partial charge is 0.375 e. The van der Waals surface area contributed by atoms with Crippen molar-refractivity contribution < 1.29 is 9.53 Å². The number of nitrogens with one attached hydrogen (secondary N) is 1. The summed E-state index contributed by atoms with van der Waals surface area (Å²) in [4.78, 5) is 14.2. The summed E-state index contributed by atoms with van der Waals surface area (Å²) in [6.45, 7) is 1.60. The van der Waals surface area contributed by atoms with Gasteiger partial charge in [0.15, 0.2) is 0 Å². The summed E-state index contributed by atoms with van der Waals surface area (Å²) in [7, 11) is 5.39. The van der Waals surface area contributed by atoms with E-state index >= 15 is 0 Å². The monoisotopic (exact) mass is 352 g/mol. The minimum Gasteiger partial charge on any atom is -0.375 e. The Kier molecular flexibility index (Phi) is 8.46. The average molecular weight is 353 g/mol. The lowest BCUT2D eigenvalue weighted by molar-refractivity contribution is -0.132. The fourth-order valence-corrected chi connectivity index (χ4v) is 2.32. The maximum Gasteiger partial charge on any atom is 0.244 e. The zero-order chi connectivity index (χ0) is 16.7. The molecule has 0 bridgehead atoms. The van der Waals surface area contributed by atoms with E-state index < -0.39 is 0 Å². The molecule has 1 aromatic heterocycles. The van der Waals surface area contributed by atoms with Crippen molar-refractivity contribution in [3.8, 4) is 0 Å². The van der Waals surface area contributed by atoms with Crippen LogP contribution in [-0.2, 0) is 23.2 Å². The molecule has 2 aromatic rings. The van der Waals surface area contributed by atoms with Crippen LogP contribution < -0.4 is 5.32 Å². The molecule has 0 saturated heterocycles. The molecule has 1 N–H and O–H groups in total. The van der Waals surface area contributed by atoms with Gasteiger partial charge in [0.05, 0.1) is 19.4 Å². The summed E-state index contributed by atoms with van der Waals surface area (Å²) >= 11 is 0. The molecule has 1 aromatic carbocycles. The Hall–Kier alpha value is -1.89. The number of hydrogen-bond donors (Lipinski definition) is 1. The molecule has 1 heterocycles. The van der Waals surface area contributed by atoms with Gasteiger partial charge in [-0.15, -0.1) is 12.4 Å². The fraction of sp³-hybridized carbons (Fsp3) is 0.412. The summed E-state index contributed by atoms with van der Waals surface area (Å²) in [5, 5.41) is 7.16. The van der Waals surface area contributed by atoms with Gasteiger partial charge in [-0.05, 0) is 12.6 Å². The Morgan fingerprint density at radius 1 is 1.38 bits per heavy atom. The zero-order valence-electron chi connectivity index (χ0n) is 14.3. The second kappa shape index (κ2) is 10.1. The smallest absolute Gasteiger partial charge is 0.244 e. The van der Waals surface area contributed by atoms with E-state index in [2.05, 4.69) is 10.4 Å². The van der Waals surface area contributed by atoms with Gasteiger partial charge in [0.1, 0.15) is 6.04 Å². The van der Waals surface area contributed by atoms with Gasteiger partial charge in [-0.1, -0.05) is 30.3 Å². The Morgan fingerprint density at radius 2 is 2.08 bits per heavy atom. The number of carbonyl (C=O) groups excluding carboxylic acids is 1. The molecule has 0 aliphatic carbocycles.